The molecule has 3 heterocycles. The van der Waals surface area contributed by atoms with E-state index in [0.29, 0.717) is 11.9 Å². The van der Waals surface area contributed by atoms with Crippen molar-refractivity contribution in [2.75, 3.05) is 31.2 Å². The molecule has 124 valence electrons. The van der Waals surface area contributed by atoms with E-state index in [2.05, 4.69) is 22.0 Å². The summed E-state index contributed by atoms with van der Waals surface area (Å²) in [5.74, 6) is 0. The number of anilines is 1. The van der Waals surface area contributed by atoms with E-state index in [4.69, 9.17) is 4.74 Å². The van der Waals surface area contributed by atoms with Crippen LogP contribution in [0.5, 0.6) is 0 Å². The smallest absolute Gasteiger partial charge is 0.262 e. The number of nitrogens with zero attached hydrogens (tertiary/aromatic N) is 3. The quantitative estimate of drug-likeness (QED) is 0.735. The minimum Gasteiger partial charge on any atom is -0.378 e. The summed E-state index contributed by atoms with van der Waals surface area (Å²) in [6.45, 7) is 5.79. The Hall–Kier alpha value is -2.18. The first-order chi connectivity index (χ1) is 11.7. The molecule has 0 saturated carbocycles. The minimum atomic E-state index is 0.0288. The second-order valence-electron chi connectivity index (χ2n) is 5.98. The monoisotopic (exact) mass is 341 g/mol. The zero-order chi connectivity index (χ0) is 16.5. The van der Waals surface area contributed by atoms with Crippen molar-refractivity contribution in [3.63, 3.8) is 0 Å². The summed E-state index contributed by atoms with van der Waals surface area (Å²) in [6.07, 6.45) is 1.66. The molecule has 1 aliphatic heterocycles. The van der Waals surface area contributed by atoms with Gasteiger partial charge in [0, 0.05) is 23.7 Å². The van der Waals surface area contributed by atoms with Crippen LogP contribution in [0, 0.1) is 6.92 Å². The highest BCUT2D eigenvalue weighted by atomic mass is 32.1. The van der Waals surface area contributed by atoms with Crippen molar-refractivity contribution in [3.8, 4) is 0 Å². The van der Waals surface area contributed by atoms with Gasteiger partial charge in [0.1, 0.15) is 4.83 Å². The van der Waals surface area contributed by atoms with Gasteiger partial charge in [-0.15, -0.1) is 11.3 Å². The molecule has 6 heteroatoms. The predicted molar refractivity (Wildman–Crippen MR) is 97.2 cm³/mol. The maximum Gasteiger partial charge on any atom is 0.262 e. The minimum absolute atomic E-state index is 0.0288. The molecule has 0 atom stereocenters. The first kappa shape index (κ1) is 15.4. The van der Waals surface area contributed by atoms with E-state index in [0.717, 1.165) is 41.6 Å². The van der Waals surface area contributed by atoms with Crippen molar-refractivity contribution in [2.24, 2.45) is 0 Å². The van der Waals surface area contributed by atoms with Gasteiger partial charge in [0.15, 0.2) is 0 Å². The third-order valence-electron chi connectivity index (χ3n) is 4.33. The average molecular weight is 341 g/mol. The number of ether oxygens (including phenoxy) is 1. The van der Waals surface area contributed by atoms with Crippen molar-refractivity contribution in [2.45, 2.75) is 13.5 Å². The fourth-order valence-corrected chi connectivity index (χ4v) is 3.97. The summed E-state index contributed by atoms with van der Waals surface area (Å²) < 4.78 is 7.15. The van der Waals surface area contributed by atoms with Crippen LogP contribution in [0.2, 0.25) is 0 Å². The normalized spacial score (nSPS) is 15.1. The highest BCUT2D eigenvalue weighted by Gasteiger charge is 2.15. The van der Waals surface area contributed by atoms with E-state index in [9.17, 15) is 4.79 Å². The molecule has 0 aliphatic carbocycles. The van der Waals surface area contributed by atoms with Crippen LogP contribution in [0.15, 0.2) is 41.5 Å². The lowest BCUT2D eigenvalue weighted by atomic mass is 10.1. The number of morpholine rings is 1. The molecule has 0 radical (unpaired) electrons. The van der Waals surface area contributed by atoms with Crippen LogP contribution in [0.4, 0.5) is 5.69 Å². The molecule has 1 saturated heterocycles. The number of fused-ring (bicyclic) bond motifs is 1. The summed E-state index contributed by atoms with van der Waals surface area (Å²) in [5.41, 5.74) is 2.34. The molecule has 0 bridgehead atoms. The summed E-state index contributed by atoms with van der Waals surface area (Å²) in [4.78, 5) is 21.4. The molecule has 0 amide bonds. The van der Waals surface area contributed by atoms with E-state index >= 15 is 0 Å². The van der Waals surface area contributed by atoms with Gasteiger partial charge < -0.3 is 9.64 Å². The molecule has 5 nitrogen and oxygen atoms in total. The van der Waals surface area contributed by atoms with Crippen molar-refractivity contribution >= 4 is 27.2 Å². The van der Waals surface area contributed by atoms with E-state index < -0.39 is 0 Å². The number of hydrogen-bond acceptors (Lipinski definition) is 5. The van der Waals surface area contributed by atoms with E-state index in [1.54, 1.807) is 22.2 Å². The zero-order valence-electron chi connectivity index (χ0n) is 13.6. The van der Waals surface area contributed by atoms with Crippen LogP contribution in [-0.2, 0) is 11.3 Å². The lowest BCUT2D eigenvalue weighted by molar-refractivity contribution is 0.122. The van der Waals surface area contributed by atoms with Crippen molar-refractivity contribution < 1.29 is 4.74 Å². The molecule has 2 aromatic heterocycles. The lowest BCUT2D eigenvalue weighted by Crippen LogP contribution is -2.37. The fourth-order valence-electron chi connectivity index (χ4n) is 3.13. The van der Waals surface area contributed by atoms with Gasteiger partial charge in [-0.1, -0.05) is 18.2 Å². The molecule has 0 unspecified atom stereocenters. The molecule has 24 heavy (non-hydrogen) atoms. The Morgan fingerprint density at radius 3 is 2.88 bits per heavy atom. The molecule has 0 spiro atoms. The van der Waals surface area contributed by atoms with Gasteiger partial charge >= 0.3 is 0 Å². The maximum atomic E-state index is 12.7. The van der Waals surface area contributed by atoms with Crippen LogP contribution in [0.3, 0.4) is 0 Å². The number of rotatable bonds is 3. The average Bonchev–Trinajstić information content (AvgIpc) is 3.00. The second-order valence-corrected chi connectivity index (χ2v) is 7.22. The van der Waals surface area contributed by atoms with Gasteiger partial charge in [-0.25, -0.2) is 4.98 Å². The van der Waals surface area contributed by atoms with Gasteiger partial charge in [-0.2, -0.15) is 0 Å². The van der Waals surface area contributed by atoms with Gasteiger partial charge in [0.2, 0.25) is 0 Å². The highest BCUT2D eigenvalue weighted by molar-refractivity contribution is 7.18. The Morgan fingerprint density at radius 1 is 1.25 bits per heavy atom. The maximum absolute atomic E-state index is 12.7. The highest BCUT2D eigenvalue weighted by Crippen LogP contribution is 2.23. The van der Waals surface area contributed by atoms with E-state index in [-0.39, 0.29) is 5.56 Å². The number of hydrogen-bond donors (Lipinski definition) is 0. The van der Waals surface area contributed by atoms with Crippen molar-refractivity contribution in [1.82, 2.24) is 9.55 Å². The standard InChI is InChI=1S/C18H19N3O2S/c1-13-10-15-17(24-13)19-12-21(18(15)22)11-14-4-2-3-5-16(14)20-6-8-23-9-7-20/h2-5,10,12H,6-9,11H2,1H3. The summed E-state index contributed by atoms with van der Waals surface area (Å²) in [7, 11) is 0. The number of aryl methyl sites for hydroxylation is 1. The molecule has 3 aromatic rings. The van der Waals surface area contributed by atoms with Crippen LogP contribution in [0.25, 0.3) is 10.2 Å². The van der Waals surface area contributed by atoms with Crippen LogP contribution in [0.1, 0.15) is 10.4 Å². The third kappa shape index (κ3) is 2.83. The molecular weight excluding hydrogens is 322 g/mol. The number of para-hydroxylation sites is 1. The van der Waals surface area contributed by atoms with Crippen LogP contribution in [-0.4, -0.2) is 35.9 Å². The van der Waals surface area contributed by atoms with Crippen LogP contribution < -0.4 is 10.5 Å². The van der Waals surface area contributed by atoms with E-state index in [1.807, 2.05) is 25.1 Å². The zero-order valence-corrected chi connectivity index (χ0v) is 14.4. The Morgan fingerprint density at radius 2 is 2.04 bits per heavy atom. The molecular formula is C18H19N3O2S. The Labute approximate surface area is 144 Å². The van der Waals surface area contributed by atoms with Gasteiger partial charge in [-0.3, -0.25) is 9.36 Å². The summed E-state index contributed by atoms with van der Waals surface area (Å²) >= 11 is 1.56. The largest absolute Gasteiger partial charge is 0.378 e. The van der Waals surface area contributed by atoms with Gasteiger partial charge in [-0.05, 0) is 24.6 Å². The second kappa shape index (κ2) is 6.37. The van der Waals surface area contributed by atoms with E-state index in [1.165, 1.54) is 5.69 Å². The van der Waals surface area contributed by atoms with Gasteiger partial charge in [0.05, 0.1) is 31.5 Å². The fraction of sp³-hybridized carbons (Fsp3) is 0.333. The van der Waals surface area contributed by atoms with Crippen LogP contribution >= 0.6 is 11.3 Å². The Kier molecular flexibility index (Phi) is 4.08. The number of thiophene rings is 1. The number of aromatic nitrogens is 2. The molecule has 0 N–H and O–H groups in total. The first-order valence-electron chi connectivity index (χ1n) is 8.08. The van der Waals surface area contributed by atoms with Crippen molar-refractivity contribution in [1.29, 1.82) is 0 Å². The molecule has 1 aliphatic rings. The third-order valence-corrected chi connectivity index (χ3v) is 5.28. The Bertz CT molecular complexity index is 925. The molecule has 4 rings (SSSR count). The molecule has 1 fully saturated rings. The summed E-state index contributed by atoms with van der Waals surface area (Å²) in [6, 6.07) is 10.2. The SMILES string of the molecule is Cc1cc2c(=O)n(Cc3ccccc3N3CCOCC3)cnc2s1. The topological polar surface area (TPSA) is 47.4 Å². The predicted octanol–water partition coefficient (Wildman–Crippen LogP) is 2.65. The number of benzene rings is 1. The Balaban J connectivity index is 1.71. The molecule has 1 aromatic carbocycles. The summed E-state index contributed by atoms with van der Waals surface area (Å²) in [5, 5.41) is 0.712. The van der Waals surface area contributed by atoms with Crippen molar-refractivity contribution in [3.05, 3.63) is 57.5 Å². The first-order valence-corrected chi connectivity index (χ1v) is 8.90. The lowest BCUT2D eigenvalue weighted by Gasteiger charge is -2.30. The van der Waals surface area contributed by atoms with Gasteiger partial charge in [0.25, 0.3) is 5.56 Å².